The van der Waals surface area contributed by atoms with Crippen molar-refractivity contribution >= 4 is 17.5 Å². The van der Waals surface area contributed by atoms with Gasteiger partial charge in [0.1, 0.15) is 6.10 Å². The van der Waals surface area contributed by atoms with Crippen LogP contribution in [0.3, 0.4) is 0 Å². The molecule has 0 aliphatic heterocycles. The van der Waals surface area contributed by atoms with Crippen molar-refractivity contribution in [3.8, 4) is 0 Å². The molecule has 1 amide bonds. The van der Waals surface area contributed by atoms with Gasteiger partial charge in [-0.2, -0.15) is 0 Å². The number of hydrogen-bond acceptors (Lipinski definition) is 3. The minimum absolute atomic E-state index is 0.0506. The van der Waals surface area contributed by atoms with Crippen LogP contribution < -0.4 is 5.32 Å². The van der Waals surface area contributed by atoms with Crippen LogP contribution in [-0.4, -0.2) is 32.8 Å². The lowest BCUT2D eigenvalue weighted by Crippen LogP contribution is -2.38. The van der Waals surface area contributed by atoms with E-state index < -0.39 is 0 Å². The molecular weight excluding hydrogens is 266 g/mol. The molecule has 0 bridgehead atoms. The van der Waals surface area contributed by atoms with Gasteiger partial charge in [-0.1, -0.05) is 23.7 Å². The van der Waals surface area contributed by atoms with Gasteiger partial charge in [0.2, 0.25) is 5.91 Å². The van der Waals surface area contributed by atoms with Crippen molar-refractivity contribution in [1.82, 2.24) is 5.32 Å². The molecular formula is C14H20ClNO3. The molecule has 5 heteroatoms. The highest BCUT2D eigenvalue weighted by Crippen LogP contribution is 2.22. The molecule has 0 aliphatic carbocycles. The van der Waals surface area contributed by atoms with Crippen molar-refractivity contribution in [2.45, 2.75) is 25.5 Å². The zero-order valence-corrected chi connectivity index (χ0v) is 12.2. The highest BCUT2D eigenvalue weighted by atomic mass is 35.5. The second-order valence-corrected chi connectivity index (χ2v) is 4.74. The van der Waals surface area contributed by atoms with Gasteiger partial charge >= 0.3 is 0 Å². The molecule has 106 valence electrons. The number of nitrogens with one attached hydrogen (secondary N) is 1. The van der Waals surface area contributed by atoms with Gasteiger partial charge in [0.05, 0.1) is 12.6 Å². The van der Waals surface area contributed by atoms with Crippen LogP contribution >= 0.6 is 11.6 Å². The number of carbonyl (C=O) groups excluding carboxylic acids is 1. The lowest BCUT2D eigenvalue weighted by atomic mass is 10.0. The van der Waals surface area contributed by atoms with Crippen molar-refractivity contribution in [3.63, 3.8) is 0 Å². The molecule has 0 heterocycles. The quantitative estimate of drug-likeness (QED) is 0.837. The Bertz CT molecular complexity index is 394. The molecule has 1 aromatic carbocycles. The Hall–Kier alpha value is -1.10. The molecule has 1 aromatic rings. The first-order valence-electron chi connectivity index (χ1n) is 6.15. The number of carbonyl (C=O) groups is 1. The largest absolute Gasteiger partial charge is 0.384 e. The third-order valence-electron chi connectivity index (χ3n) is 2.83. The molecule has 0 saturated carbocycles. The van der Waals surface area contributed by atoms with Crippen LogP contribution in [0, 0.1) is 0 Å². The first-order chi connectivity index (χ1) is 9.08. The molecule has 0 spiro atoms. The minimum Gasteiger partial charge on any atom is -0.384 e. The molecule has 0 aromatic heterocycles. The molecule has 2 atom stereocenters. The number of hydrogen-bond donors (Lipinski definition) is 1. The zero-order chi connectivity index (χ0) is 14.3. The van der Waals surface area contributed by atoms with Crippen molar-refractivity contribution in [2.75, 3.05) is 20.8 Å². The molecule has 0 fully saturated rings. The lowest BCUT2D eigenvalue weighted by molar-refractivity contribution is -0.123. The van der Waals surface area contributed by atoms with E-state index in [0.29, 0.717) is 18.1 Å². The van der Waals surface area contributed by atoms with Gasteiger partial charge in [0.25, 0.3) is 0 Å². The van der Waals surface area contributed by atoms with E-state index in [2.05, 4.69) is 5.32 Å². The first kappa shape index (κ1) is 16.0. The van der Waals surface area contributed by atoms with Gasteiger partial charge < -0.3 is 14.8 Å². The average molecular weight is 286 g/mol. The number of halogens is 1. The van der Waals surface area contributed by atoms with Crippen molar-refractivity contribution in [1.29, 1.82) is 0 Å². The third kappa shape index (κ3) is 5.19. The Labute approximate surface area is 119 Å². The second kappa shape index (κ2) is 8.15. The summed E-state index contributed by atoms with van der Waals surface area (Å²) in [5.41, 5.74) is 0.978. The monoisotopic (exact) mass is 285 g/mol. The highest BCUT2D eigenvalue weighted by molar-refractivity contribution is 6.30. The minimum atomic E-state index is -0.205. The Balaban J connectivity index is 2.63. The number of benzene rings is 1. The Morgan fingerprint density at radius 2 is 1.95 bits per heavy atom. The topological polar surface area (TPSA) is 47.6 Å². The van der Waals surface area contributed by atoms with Gasteiger partial charge in [-0.3, -0.25) is 4.79 Å². The van der Waals surface area contributed by atoms with Gasteiger partial charge in [-0.25, -0.2) is 0 Å². The summed E-state index contributed by atoms with van der Waals surface area (Å²) in [4.78, 5) is 11.7. The fourth-order valence-corrected chi connectivity index (χ4v) is 2.00. The fraction of sp³-hybridized carbons (Fsp3) is 0.500. The maximum Gasteiger partial charge on any atom is 0.222 e. The summed E-state index contributed by atoms with van der Waals surface area (Å²) in [5, 5.41) is 3.58. The van der Waals surface area contributed by atoms with E-state index in [1.807, 2.05) is 31.2 Å². The lowest BCUT2D eigenvalue weighted by Gasteiger charge is -2.24. The van der Waals surface area contributed by atoms with E-state index in [1.54, 1.807) is 14.2 Å². The predicted octanol–water partition coefficient (Wildman–Crippen LogP) is 2.57. The van der Waals surface area contributed by atoms with Gasteiger partial charge in [0, 0.05) is 25.7 Å². The smallest absolute Gasteiger partial charge is 0.222 e. The predicted molar refractivity (Wildman–Crippen MR) is 75.3 cm³/mol. The second-order valence-electron chi connectivity index (χ2n) is 4.31. The van der Waals surface area contributed by atoms with Crippen LogP contribution in [-0.2, 0) is 14.3 Å². The number of methoxy groups -OCH3 is 2. The van der Waals surface area contributed by atoms with E-state index in [4.69, 9.17) is 21.1 Å². The summed E-state index contributed by atoms with van der Waals surface area (Å²) in [5.74, 6) is -0.0506. The van der Waals surface area contributed by atoms with E-state index in [9.17, 15) is 4.79 Å². The van der Waals surface area contributed by atoms with Crippen LogP contribution in [0.1, 0.15) is 25.0 Å². The molecule has 0 unspecified atom stereocenters. The summed E-state index contributed by atoms with van der Waals surface area (Å²) >= 11 is 5.86. The number of rotatable bonds is 7. The van der Waals surface area contributed by atoms with E-state index >= 15 is 0 Å². The van der Waals surface area contributed by atoms with E-state index in [-0.39, 0.29) is 18.1 Å². The standard InChI is InChI=1S/C14H20ClNO3/c1-10(16-13(17)8-9-18-2)14(19-3)11-4-6-12(15)7-5-11/h4-7,10,14H,8-9H2,1-3H3,(H,16,17)/t10-,14+/m0/s1. The Morgan fingerprint density at radius 3 is 2.47 bits per heavy atom. The van der Waals surface area contributed by atoms with Crippen molar-refractivity contribution < 1.29 is 14.3 Å². The molecule has 1 rings (SSSR count). The maximum atomic E-state index is 11.7. The zero-order valence-electron chi connectivity index (χ0n) is 11.5. The van der Waals surface area contributed by atoms with Crippen molar-refractivity contribution in [3.05, 3.63) is 34.9 Å². The summed E-state index contributed by atoms with van der Waals surface area (Å²) in [6, 6.07) is 7.28. The Morgan fingerprint density at radius 1 is 1.32 bits per heavy atom. The maximum absolute atomic E-state index is 11.7. The third-order valence-corrected chi connectivity index (χ3v) is 3.08. The molecule has 0 saturated heterocycles. The average Bonchev–Trinajstić information content (AvgIpc) is 2.39. The Kier molecular flexibility index (Phi) is 6.84. The van der Waals surface area contributed by atoms with Crippen LogP contribution in [0.5, 0.6) is 0 Å². The summed E-state index contributed by atoms with van der Waals surface area (Å²) in [6.07, 6.45) is 0.140. The van der Waals surface area contributed by atoms with Crippen LogP contribution in [0.25, 0.3) is 0 Å². The number of amides is 1. The van der Waals surface area contributed by atoms with Crippen LogP contribution in [0.2, 0.25) is 5.02 Å². The molecule has 4 nitrogen and oxygen atoms in total. The number of ether oxygens (including phenoxy) is 2. The molecule has 1 N–H and O–H groups in total. The fourth-order valence-electron chi connectivity index (χ4n) is 1.88. The van der Waals surface area contributed by atoms with Gasteiger partial charge in [0.15, 0.2) is 0 Å². The van der Waals surface area contributed by atoms with E-state index in [1.165, 1.54) is 0 Å². The van der Waals surface area contributed by atoms with Gasteiger partial charge in [-0.05, 0) is 24.6 Å². The molecule has 0 aliphatic rings. The first-order valence-corrected chi connectivity index (χ1v) is 6.52. The highest BCUT2D eigenvalue weighted by Gasteiger charge is 2.20. The SMILES string of the molecule is COCCC(=O)N[C@@H](C)[C@@H](OC)c1ccc(Cl)cc1. The van der Waals surface area contributed by atoms with Crippen LogP contribution in [0.15, 0.2) is 24.3 Å². The molecule has 19 heavy (non-hydrogen) atoms. The molecule has 0 radical (unpaired) electrons. The van der Waals surface area contributed by atoms with Crippen LogP contribution in [0.4, 0.5) is 0 Å². The van der Waals surface area contributed by atoms with Gasteiger partial charge in [-0.15, -0.1) is 0 Å². The van der Waals surface area contributed by atoms with E-state index in [0.717, 1.165) is 5.56 Å². The van der Waals surface area contributed by atoms with Crippen molar-refractivity contribution in [2.24, 2.45) is 0 Å². The summed E-state index contributed by atoms with van der Waals surface area (Å²) in [6.45, 7) is 2.32. The summed E-state index contributed by atoms with van der Waals surface area (Å²) < 4.78 is 10.3. The summed E-state index contributed by atoms with van der Waals surface area (Å²) in [7, 11) is 3.19. The normalized spacial score (nSPS) is 13.9.